The van der Waals surface area contributed by atoms with Gasteiger partial charge in [-0.05, 0) is 63.6 Å². The predicted molar refractivity (Wildman–Crippen MR) is 133 cm³/mol. The van der Waals surface area contributed by atoms with Gasteiger partial charge in [0.25, 0.3) is 5.91 Å². The summed E-state index contributed by atoms with van der Waals surface area (Å²) in [7, 11) is 0. The molecular weight excluding hydrogens is 410 g/mol. The number of ether oxygens (including phenoxy) is 1. The normalized spacial score (nSPS) is 20.8. The van der Waals surface area contributed by atoms with Crippen molar-refractivity contribution in [1.82, 2.24) is 5.32 Å². The van der Waals surface area contributed by atoms with Crippen LogP contribution in [0.3, 0.4) is 0 Å². The van der Waals surface area contributed by atoms with Crippen LogP contribution in [0.2, 0.25) is 0 Å². The summed E-state index contributed by atoms with van der Waals surface area (Å²) >= 11 is 0. The van der Waals surface area contributed by atoms with Crippen molar-refractivity contribution in [3.8, 4) is 11.5 Å². The maximum absolute atomic E-state index is 13.4. The van der Waals surface area contributed by atoms with Crippen LogP contribution in [0.15, 0.2) is 48.0 Å². The summed E-state index contributed by atoms with van der Waals surface area (Å²) in [4.78, 5) is 13.4. The van der Waals surface area contributed by atoms with Crippen LogP contribution >= 0.6 is 0 Å². The largest absolute Gasteiger partial charge is 0.507 e. The molecule has 0 aromatic heterocycles. The third-order valence-corrected chi connectivity index (χ3v) is 7.30. The fourth-order valence-corrected chi connectivity index (χ4v) is 5.49. The minimum atomic E-state index is -0.320. The summed E-state index contributed by atoms with van der Waals surface area (Å²) in [5.41, 5.74) is 4.12. The van der Waals surface area contributed by atoms with Crippen molar-refractivity contribution in [2.75, 3.05) is 0 Å². The van der Waals surface area contributed by atoms with Gasteiger partial charge in [0.05, 0.1) is 5.56 Å². The summed E-state index contributed by atoms with van der Waals surface area (Å²) in [6.07, 6.45) is 8.25. The zero-order chi connectivity index (χ0) is 23.6. The fraction of sp³-hybridized carbons (Fsp3) is 0.483. The molecule has 33 heavy (non-hydrogen) atoms. The molecule has 0 fully saturated rings. The van der Waals surface area contributed by atoms with Crippen LogP contribution in [0, 0.1) is 5.92 Å². The molecule has 0 saturated carbocycles. The highest BCUT2D eigenvalue weighted by molar-refractivity contribution is 5.99. The van der Waals surface area contributed by atoms with Crippen LogP contribution < -0.4 is 10.1 Å². The molecule has 4 nitrogen and oxygen atoms in total. The Labute approximate surface area is 198 Å². The van der Waals surface area contributed by atoms with Crippen LogP contribution in [0.5, 0.6) is 11.5 Å². The number of amides is 1. The Kier molecular flexibility index (Phi) is 6.83. The highest BCUT2D eigenvalue weighted by Crippen LogP contribution is 2.54. The minimum absolute atomic E-state index is 0.0582. The number of carbonyl (C=O) groups is 1. The molecule has 1 aliphatic carbocycles. The number of hydrogen-bond acceptors (Lipinski definition) is 3. The first kappa shape index (κ1) is 23.4. The van der Waals surface area contributed by atoms with E-state index in [9.17, 15) is 9.90 Å². The first-order valence-corrected chi connectivity index (χ1v) is 12.4. The molecule has 2 unspecified atom stereocenters. The number of hydrogen-bond donors (Lipinski definition) is 2. The van der Waals surface area contributed by atoms with E-state index in [0.29, 0.717) is 12.1 Å². The number of phenols is 1. The fourth-order valence-electron chi connectivity index (χ4n) is 5.49. The lowest BCUT2D eigenvalue weighted by Gasteiger charge is -2.46. The van der Waals surface area contributed by atoms with E-state index in [0.717, 1.165) is 61.0 Å². The van der Waals surface area contributed by atoms with Crippen molar-refractivity contribution in [1.29, 1.82) is 0 Å². The Balaban J connectivity index is 1.75. The van der Waals surface area contributed by atoms with Gasteiger partial charge in [0.2, 0.25) is 0 Å². The highest BCUT2D eigenvalue weighted by atomic mass is 16.5. The molecule has 1 aliphatic heterocycles. The van der Waals surface area contributed by atoms with Crippen molar-refractivity contribution in [2.45, 2.75) is 84.3 Å². The topological polar surface area (TPSA) is 58.6 Å². The van der Waals surface area contributed by atoms with Crippen LogP contribution in [0.25, 0.3) is 0 Å². The molecule has 2 atom stereocenters. The van der Waals surface area contributed by atoms with Gasteiger partial charge < -0.3 is 15.2 Å². The molecule has 2 aromatic rings. The number of phenolic OH excluding ortho intramolecular Hbond substituents is 1. The maximum atomic E-state index is 13.4. The Bertz CT molecular complexity index is 1040. The van der Waals surface area contributed by atoms with Crippen molar-refractivity contribution >= 4 is 5.91 Å². The SMILES string of the molecule is CCCCCc1cc2c(c(O)c1C(=O)NCc1ccccc1)C1C=C(C)CCC1C(C)(C)O2. The van der Waals surface area contributed by atoms with Gasteiger partial charge in [0.15, 0.2) is 0 Å². The van der Waals surface area contributed by atoms with Gasteiger partial charge >= 0.3 is 0 Å². The Morgan fingerprint density at radius 3 is 2.70 bits per heavy atom. The molecule has 2 aromatic carbocycles. The number of rotatable bonds is 7. The average Bonchev–Trinajstić information content (AvgIpc) is 2.77. The van der Waals surface area contributed by atoms with Crippen molar-refractivity contribution in [2.24, 2.45) is 5.92 Å². The van der Waals surface area contributed by atoms with E-state index in [1.54, 1.807) is 0 Å². The number of aromatic hydroxyl groups is 1. The summed E-state index contributed by atoms with van der Waals surface area (Å²) in [5.74, 6) is 0.939. The summed E-state index contributed by atoms with van der Waals surface area (Å²) in [6, 6.07) is 11.9. The van der Waals surface area contributed by atoms with Gasteiger partial charge in [0, 0.05) is 23.9 Å². The number of benzene rings is 2. The number of aryl methyl sites for hydroxylation is 1. The van der Waals surface area contributed by atoms with Crippen molar-refractivity contribution in [3.05, 3.63) is 70.3 Å². The summed E-state index contributed by atoms with van der Waals surface area (Å²) < 4.78 is 6.49. The molecular formula is C29H37NO3. The van der Waals surface area contributed by atoms with Gasteiger partial charge in [-0.25, -0.2) is 0 Å². The molecule has 0 radical (unpaired) electrons. The van der Waals surface area contributed by atoms with Crippen molar-refractivity contribution < 1.29 is 14.6 Å². The number of allylic oxidation sites excluding steroid dienone is 2. The second-order valence-corrected chi connectivity index (χ2v) is 10.2. The predicted octanol–water partition coefficient (Wildman–Crippen LogP) is 6.67. The van der Waals surface area contributed by atoms with E-state index in [1.165, 1.54) is 5.57 Å². The van der Waals surface area contributed by atoms with Crippen LogP contribution in [-0.4, -0.2) is 16.6 Å². The molecule has 4 heteroatoms. The maximum Gasteiger partial charge on any atom is 0.255 e. The Morgan fingerprint density at radius 2 is 1.97 bits per heavy atom. The van der Waals surface area contributed by atoms with Crippen molar-refractivity contribution in [3.63, 3.8) is 0 Å². The second-order valence-electron chi connectivity index (χ2n) is 10.2. The molecule has 0 bridgehead atoms. The van der Waals surface area contributed by atoms with Gasteiger partial charge in [0.1, 0.15) is 17.1 Å². The lowest BCUT2D eigenvalue weighted by Crippen LogP contribution is -2.45. The van der Waals surface area contributed by atoms with E-state index in [4.69, 9.17) is 4.74 Å². The molecule has 1 amide bonds. The van der Waals surface area contributed by atoms with Gasteiger partial charge in [-0.15, -0.1) is 0 Å². The van der Waals surface area contributed by atoms with Gasteiger partial charge in [-0.1, -0.05) is 61.7 Å². The molecule has 1 heterocycles. The summed E-state index contributed by atoms with van der Waals surface area (Å²) in [5, 5.41) is 14.6. The zero-order valence-electron chi connectivity index (χ0n) is 20.4. The molecule has 0 spiro atoms. The molecule has 176 valence electrons. The van der Waals surface area contributed by atoms with E-state index >= 15 is 0 Å². The second kappa shape index (κ2) is 9.62. The third kappa shape index (κ3) is 4.80. The van der Waals surface area contributed by atoms with Crippen LogP contribution in [-0.2, 0) is 13.0 Å². The zero-order valence-corrected chi connectivity index (χ0v) is 20.4. The van der Waals surface area contributed by atoms with Gasteiger partial charge in [-0.3, -0.25) is 4.79 Å². The number of unbranched alkanes of at least 4 members (excludes halogenated alkanes) is 2. The third-order valence-electron chi connectivity index (χ3n) is 7.30. The first-order chi connectivity index (χ1) is 15.8. The average molecular weight is 448 g/mol. The molecule has 2 aliphatic rings. The summed E-state index contributed by atoms with van der Waals surface area (Å²) in [6.45, 7) is 9.05. The Morgan fingerprint density at radius 1 is 1.21 bits per heavy atom. The van der Waals surface area contributed by atoms with Crippen LogP contribution in [0.4, 0.5) is 0 Å². The highest BCUT2D eigenvalue weighted by Gasteiger charge is 2.46. The minimum Gasteiger partial charge on any atom is -0.507 e. The van der Waals surface area contributed by atoms with E-state index in [2.05, 4.69) is 39.1 Å². The standard InChI is InChI=1S/C29H37NO3/c1-5-6-8-13-21-17-24-26(22-16-19(2)14-15-23(22)29(3,4)33-24)27(31)25(21)28(32)30-18-20-11-9-7-10-12-20/h7,9-12,16-17,22-23,31H,5-6,8,13-15,18H2,1-4H3,(H,30,32). The smallest absolute Gasteiger partial charge is 0.255 e. The monoisotopic (exact) mass is 447 g/mol. The first-order valence-electron chi connectivity index (χ1n) is 12.4. The quantitative estimate of drug-likeness (QED) is 0.368. The number of nitrogens with one attached hydrogen (secondary N) is 1. The molecule has 4 rings (SSSR count). The number of carbonyl (C=O) groups excluding carboxylic acids is 1. The molecule has 0 saturated heterocycles. The van der Waals surface area contributed by atoms with Crippen LogP contribution in [0.1, 0.15) is 92.8 Å². The van der Waals surface area contributed by atoms with Gasteiger partial charge in [-0.2, -0.15) is 0 Å². The molecule has 2 N–H and O–H groups in total. The van der Waals surface area contributed by atoms with E-state index in [1.807, 2.05) is 36.4 Å². The van der Waals surface area contributed by atoms with E-state index in [-0.39, 0.29) is 29.1 Å². The Hall–Kier alpha value is -2.75. The number of fused-ring (bicyclic) bond motifs is 3. The lowest BCUT2D eigenvalue weighted by atomic mass is 9.67. The lowest BCUT2D eigenvalue weighted by molar-refractivity contribution is 0.0107. The van der Waals surface area contributed by atoms with E-state index < -0.39 is 0 Å².